The Morgan fingerprint density at radius 1 is 1.10 bits per heavy atom. The number of allylic oxidation sites excluding steroid dienone is 4. The number of aromatic hydroxyl groups is 1. The van der Waals surface area contributed by atoms with Crippen molar-refractivity contribution in [1.82, 2.24) is 0 Å². The highest BCUT2D eigenvalue weighted by molar-refractivity contribution is 6.22. The van der Waals surface area contributed by atoms with Gasteiger partial charge in [-0.15, -0.1) is 0 Å². The number of phenols is 1. The maximum atomic E-state index is 13.4. The lowest BCUT2D eigenvalue weighted by Crippen LogP contribution is -2.42. The van der Waals surface area contributed by atoms with E-state index in [0.29, 0.717) is 18.8 Å². The summed E-state index contributed by atoms with van der Waals surface area (Å²) < 4.78 is 0. The van der Waals surface area contributed by atoms with Gasteiger partial charge in [0.1, 0.15) is 17.3 Å². The van der Waals surface area contributed by atoms with Crippen molar-refractivity contribution in [2.24, 2.45) is 23.7 Å². The van der Waals surface area contributed by atoms with Crippen LogP contribution in [0.15, 0.2) is 34.8 Å². The van der Waals surface area contributed by atoms with Crippen molar-refractivity contribution in [2.45, 2.75) is 45.4 Å². The van der Waals surface area contributed by atoms with Crippen molar-refractivity contribution < 1.29 is 29.7 Å². The average Bonchev–Trinajstić information content (AvgIpc) is 3.47. The van der Waals surface area contributed by atoms with E-state index in [1.54, 1.807) is 6.07 Å². The summed E-state index contributed by atoms with van der Waals surface area (Å²) in [5.41, 5.74) is 2.05. The smallest absolute Gasteiger partial charge is 0.196 e. The van der Waals surface area contributed by atoms with Crippen LogP contribution >= 0.6 is 0 Å². The molecule has 6 nitrogen and oxygen atoms in total. The molecule has 3 atom stereocenters. The predicted octanol–water partition coefficient (Wildman–Crippen LogP) is 3.52. The van der Waals surface area contributed by atoms with Crippen molar-refractivity contribution in [3.05, 3.63) is 51.5 Å². The molecule has 156 valence electrons. The van der Waals surface area contributed by atoms with E-state index in [9.17, 15) is 29.7 Å². The van der Waals surface area contributed by atoms with E-state index in [0.717, 1.165) is 17.5 Å². The summed E-state index contributed by atoms with van der Waals surface area (Å²) in [5, 5.41) is 31.7. The molecule has 5 rings (SSSR count). The van der Waals surface area contributed by atoms with Gasteiger partial charge in [0.25, 0.3) is 0 Å². The summed E-state index contributed by atoms with van der Waals surface area (Å²) in [5.74, 6) is -3.21. The van der Waals surface area contributed by atoms with Crippen LogP contribution in [0.3, 0.4) is 0 Å². The molecule has 1 aromatic carbocycles. The maximum absolute atomic E-state index is 13.4. The first-order chi connectivity index (χ1) is 14.3. The summed E-state index contributed by atoms with van der Waals surface area (Å²) in [6.45, 7) is 1.21. The van der Waals surface area contributed by atoms with Crippen molar-refractivity contribution in [3.63, 3.8) is 0 Å². The van der Waals surface area contributed by atoms with Crippen LogP contribution < -0.4 is 0 Å². The van der Waals surface area contributed by atoms with Crippen LogP contribution in [0.4, 0.5) is 0 Å². The van der Waals surface area contributed by atoms with Crippen molar-refractivity contribution >= 4 is 17.3 Å². The second-order valence-corrected chi connectivity index (χ2v) is 9.19. The SMILES string of the molecule is CC(=O)C1=C(O)CC2CC3Cc4c(CC5CC5)ccc(O)c4C(=O)C3=C(O)C2C1=O. The number of benzene rings is 1. The molecule has 4 aliphatic carbocycles. The highest BCUT2D eigenvalue weighted by atomic mass is 16.3. The van der Waals surface area contributed by atoms with E-state index in [4.69, 9.17) is 0 Å². The third-order valence-electron chi connectivity index (χ3n) is 7.18. The predicted molar refractivity (Wildman–Crippen MR) is 107 cm³/mol. The van der Waals surface area contributed by atoms with Gasteiger partial charge in [-0.3, -0.25) is 14.4 Å². The molecule has 0 saturated heterocycles. The van der Waals surface area contributed by atoms with Gasteiger partial charge in [-0.2, -0.15) is 0 Å². The second kappa shape index (κ2) is 6.56. The van der Waals surface area contributed by atoms with Crippen LogP contribution in [0.5, 0.6) is 5.75 Å². The minimum Gasteiger partial charge on any atom is -0.511 e. The zero-order chi connectivity index (χ0) is 21.3. The Labute approximate surface area is 173 Å². The summed E-state index contributed by atoms with van der Waals surface area (Å²) in [6.07, 6.45) is 4.34. The van der Waals surface area contributed by atoms with Crippen LogP contribution in [0, 0.1) is 23.7 Å². The molecule has 0 aromatic heterocycles. The summed E-state index contributed by atoms with van der Waals surface area (Å²) >= 11 is 0. The molecule has 3 N–H and O–H groups in total. The number of aliphatic hydroxyl groups is 2. The van der Waals surface area contributed by atoms with Gasteiger partial charge >= 0.3 is 0 Å². The monoisotopic (exact) mass is 408 g/mol. The molecule has 1 fully saturated rings. The summed E-state index contributed by atoms with van der Waals surface area (Å²) in [6, 6.07) is 3.43. The lowest BCUT2D eigenvalue weighted by molar-refractivity contribution is -0.125. The number of hydrogen-bond acceptors (Lipinski definition) is 6. The fraction of sp³-hybridized carbons (Fsp3) is 0.458. The highest BCUT2D eigenvalue weighted by Gasteiger charge is 2.50. The zero-order valence-electron chi connectivity index (χ0n) is 16.8. The Morgan fingerprint density at radius 2 is 1.83 bits per heavy atom. The van der Waals surface area contributed by atoms with E-state index in [2.05, 4.69) is 0 Å². The normalized spacial score (nSPS) is 28.2. The quantitative estimate of drug-likeness (QED) is 0.660. The molecule has 4 aliphatic rings. The van der Waals surface area contributed by atoms with Gasteiger partial charge in [0.15, 0.2) is 17.3 Å². The van der Waals surface area contributed by atoms with Gasteiger partial charge < -0.3 is 15.3 Å². The molecule has 0 amide bonds. The molecule has 6 heteroatoms. The summed E-state index contributed by atoms with van der Waals surface area (Å²) in [7, 11) is 0. The maximum Gasteiger partial charge on any atom is 0.196 e. The standard InChI is InChI=1S/C24H24O6/c1-10(25)18-17(27)9-14-7-13-8-15-12(6-11-2-3-11)4-5-16(26)21(15)24(30)19(13)23(29)20(14)22(18)28/h4-5,11,13-14,20,26-27,29H,2-3,6-9H2,1H3. The van der Waals surface area contributed by atoms with Crippen molar-refractivity contribution in [2.75, 3.05) is 0 Å². The fourth-order valence-electron chi connectivity index (χ4n) is 5.64. The largest absolute Gasteiger partial charge is 0.511 e. The molecule has 3 unspecified atom stereocenters. The van der Waals surface area contributed by atoms with E-state index >= 15 is 0 Å². The number of rotatable bonds is 3. The topological polar surface area (TPSA) is 112 Å². The third-order valence-corrected chi connectivity index (χ3v) is 7.18. The minimum absolute atomic E-state index is 0.104. The Bertz CT molecular complexity index is 1070. The minimum atomic E-state index is -0.992. The van der Waals surface area contributed by atoms with E-state index < -0.39 is 23.3 Å². The Morgan fingerprint density at radius 3 is 2.50 bits per heavy atom. The van der Waals surface area contributed by atoms with E-state index in [-0.39, 0.29) is 52.2 Å². The molecule has 0 spiro atoms. The van der Waals surface area contributed by atoms with Gasteiger partial charge in [0.2, 0.25) is 0 Å². The van der Waals surface area contributed by atoms with Crippen LogP contribution in [0.1, 0.15) is 54.1 Å². The van der Waals surface area contributed by atoms with Gasteiger partial charge in [0, 0.05) is 12.0 Å². The number of carbonyl (C=O) groups excluding carboxylic acids is 3. The molecule has 0 heterocycles. The number of hydrogen-bond donors (Lipinski definition) is 3. The number of ketones is 3. The summed E-state index contributed by atoms with van der Waals surface area (Å²) in [4.78, 5) is 38.1. The van der Waals surface area contributed by atoms with Gasteiger partial charge in [-0.05, 0) is 74.0 Å². The van der Waals surface area contributed by atoms with Gasteiger partial charge in [-0.25, -0.2) is 0 Å². The molecule has 30 heavy (non-hydrogen) atoms. The zero-order valence-corrected chi connectivity index (χ0v) is 16.8. The van der Waals surface area contributed by atoms with Crippen molar-refractivity contribution in [1.29, 1.82) is 0 Å². The molecular formula is C24H24O6. The first-order valence-electron chi connectivity index (χ1n) is 10.6. The molecule has 1 aromatic rings. The van der Waals surface area contributed by atoms with Crippen LogP contribution in [-0.2, 0) is 22.4 Å². The number of Topliss-reactive ketones (excluding diaryl/α,β-unsaturated/α-hetero) is 3. The van der Waals surface area contributed by atoms with E-state index in [1.807, 2.05) is 6.07 Å². The number of aliphatic hydroxyl groups excluding tert-OH is 2. The Kier molecular flexibility index (Phi) is 4.17. The van der Waals surface area contributed by atoms with Crippen molar-refractivity contribution in [3.8, 4) is 5.75 Å². The molecule has 0 radical (unpaired) electrons. The van der Waals surface area contributed by atoms with Crippen LogP contribution in [0.25, 0.3) is 0 Å². The van der Waals surface area contributed by atoms with Crippen LogP contribution in [-0.4, -0.2) is 32.7 Å². The fourth-order valence-corrected chi connectivity index (χ4v) is 5.64. The first-order valence-corrected chi connectivity index (χ1v) is 10.6. The highest BCUT2D eigenvalue weighted by Crippen LogP contribution is 2.50. The number of carbonyl (C=O) groups is 3. The number of fused-ring (bicyclic) bond motifs is 3. The Hall–Kier alpha value is -2.89. The average molecular weight is 408 g/mol. The van der Waals surface area contributed by atoms with Crippen LogP contribution in [0.2, 0.25) is 0 Å². The van der Waals surface area contributed by atoms with Gasteiger partial charge in [0.05, 0.1) is 17.1 Å². The molecule has 1 saturated carbocycles. The molecule has 0 bridgehead atoms. The molecular weight excluding hydrogens is 384 g/mol. The van der Waals surface area contributed by atoms with E-state index in [1.165, 1.54) is 19.8 Å². The molecule has 0 aliphatic heterocycles. The third kappa shape index (κ3) is 2.73. The first kappa shape index (κ1) is 19.1. The lowest BCUT2D eigenvalue weighted by atomic mass is 9.62. The Balaban J connectivity index is 1.60. The second-order valence-electron chi connectivity index (χ2n) is 9.19. The van der Waals surface area contributed by atoms with Gasteiger partial charge in [-0.1, -0.05) is 6.07 Å². The number of phenolic OH excluding ortho intramolecular Hbond substituents is 1. The lowest BCUT2D eigenvalue weighted by Gasteiger charge is -2.41.